The van der Waals surface area contributed by atoms with Crippen molar-refractivity contribution >= 4 is 17.8 Å². The number of carboxylic acid groups (broad SMARTS) is 1. The van der Waals surface area contributed by atoms with E-state index in [-0.39, 0.29) is 17.9 Å². The first-order valence-corrected chi connectivity index (χ1v) is 10.7. The van der Waals surface area contributed by atoms with Crippen molar-refractivity contribution < 1.29 is 19.4 Å². The Morgan fingerprint density at radius 2 is 1.92 bits per heavy atom. The smallest absolute Gasteiger partial charge is 0.404 e. The first-order valence-electron chi connectivity index (χ1n) is 10.7. The molecule has 0 unspecified atom stereocenters. The van der Waals surface area contributed by atoms with Crippen LogP contribution in [0.2, 0.25) is 0 Å². The van der Waals surface area contributed by atoms with E-state index in [1.807, 2.05) is 0 Å². The molecule has 0 saturated carbocycles. The molecule has 2 amide bonds. The lowest BCUT2D eigenvalue weighted by Gasteiger charge is -2.09. The normalized spacial score (nSPS) is 10.6. The average Bonchev–Trinajstić information content (AvgIpc) is 3.33. The molecule has 0 saturated heterocycles. The summed E-state index contributed by atoms with van der Waals surface area (Å²) in [6.07, 6.45) is 6.56. The fourth-order valence-corrected chi connectivity index (χ4v) is 3.15. The molecule has 36 heavy (non-hydrogen) atoms. The van der Waals surface area contributed by atoms with Gasteiger partial charge in [0.05, 0.1) is 24.6 Å². The molecule has 13 heteroatoms. The Balaban J connectivity index is 1.40. The van der Waals surface area contributed by atoms with E-state index in [2.05, 4.69) is 30.7 Å². The highest BCUT2D eigenvalue weighted by atomic mass is 16.5. The average molecular weight is 490 g/mol. The molecule has 0 aliphatic carbocycles. The number of pyridine rings is 2. The molecule has 0 aliphatic heterocycles. The molecule has 13 nitrogen and oxygen atoms in total. The van der Waals surface area contributed by atoms with Crippen molar-refractivity contribution in [2.45, 2.75) is 13.5 Å². The molecule has 4 heterocycles. The molecular formula is C23H22N8O5. The molecule has 3 N–H and O–H groups in total. The number of carbonyl (C=O) groups excluding carboxylic acids is 1. The van der Waals surface area contributed by atoms with Crippen LogP contribution in [0.4, 0.5) is 10.6 Å². The molecule has 4 rings (SSSR count). The van der Waals surface area contributed by atoms with Gasteiger partial charge in [0.15, 0.2) is 0 Å². The Hall–Kier alpha value is -5.07. The van der Waals surface area contributed by atoms with Gasteiger partial charge in [-0.25, -0.2) is 14.8 Å². The van der Waals surface area contributed by atoms with Crippen LogP contribution in [0.5, 0.6) is 11.5 Å². The van der Waals surface area contributed by atoms with Crippen LogP contribution in [0.25, 0.3) is 11.3 Å². The van der Waals surface area contributed by atoms with Gasteiger partial charge in [0, 0.05) is 43.8 Å². The van der Waals surface area contributed by atoms with E-state index in [0.717, 1.165) is 5.56 Å². The Morgan fingerprint density at radius 3 is 2.67 bits per heavy atom. The van der Waals surface area contributed by atoms with Crippen molar-refractivity contribution in [1.29, 1.82) is 0 Å². The number of aryl methyl sites for hydroxylation is 1. The fraction of sp³-hybridized carbons (Fsp3) is 0.174. The van der Waals surface area contributed by atoms with Gasteiger partial charge in [-0.1, -0.05) is 0 Å². The SMILES string of the molecule is Cc1ncc(C(=O)Nc2ccc(Oc3ccnc(-c4cnn(CCNC(=O)O)c4)c3)cn2)c(=O)n1C. The molecule has 0 aromatic carbocycles. The predicted octanol–water partition coefficient (Wildman–Crippen LogP) is 2.05. The van der Waals surface area contributed by atoms with Crippen LogP contribution in [-0.2, 0) is 13.6 Å². The quantitative estimate of drug-likeness (QED) is 0.335. The minimum atomic E-state index is -1.09. The molecule has 0 atom stereocenters. The largest absolute Gasteiger partial charge is 0.465 e. The lowest BCUT2D eigenvalue weighted by atomic mass is 10.2. The van der Waals surface area contributed by atoms with Gasteiger partial charge in [-0.15, -0.1) is 0 Å². The molecular weight excluding hydrogens is 468 g/mol. The van der Waals surface area contributed by atoms with E-state index in [4.69, 9.17) is 9.84 Å². The van der Waals surface area contributed by atoms with Crippen LogP contribution in [-0.4, -0.2) is 53.0 Å². The van der Waals surface area contributed by atoms with Crippen molar-refractivity contribution in [2.24, 2.45) is 7.05 Å². The number of anilines is 1. The summed E-state index contributed by atoms with van der Waals surface area (Å²) in [5.41, 5.74) is 0.825. The molecule has 0 spiro atoms. The van der Waals surface area contributed by atoms with Gasteiger partial charge < -0.3 is 20.5 Å². The second-order valence-corrected chi connectivity index (χ2v) is 7.62. The van der Waals surface area contributed by atoms with Gasteiger partial charge in [-0.05, 0) is 25.1 Å². The Bertz CT molecular complexity index is 1460. The molecule has 0 fully saturated rings. The van der Waals surface area contributed by atoms with E-state index in [1.165, 1.54) is 17.0 Å². The van der Waals surface area contributed by atoms with Gasteiger partial charge in [-0.3, -0.25) is 23.8 Å². The number of hydrogen-bond donors (Lipinski definition) is 3. The van der Waals surface area contributed by atoms with Gasteiger partial charge in [0.2, 0.25) is 0 Å². The van der Waals surface area contributed by atoms with E-state index < -0.39 is 17.6 Å². The third-order valence-electron chi connectivity index (χ3n) is 5.14. The maximum absolute atomic E-state index is 12.5. The minimum absolute atomic E-state index is 0.0870. The monoisotopic (exact) mass is 490 g/mol. The van der Waals surface area contributed by atoms with Crippen LogP contribution >= 0.6 is 0 Å². The number of nitrogens with one attached hydrogen (secondary N) is 2. The maximum Gasteiger partial charge on any atom is 0.404 e. The zero-order valence-corrected chi connectivity index (χ0v) is 19.4. The molecule has 0 aliphatic rings. The van der Waals surface area contributed by atoms with Gasteiger partial charge in [0.25, 0.3) is 11.5 Å². The highest BCUT2D eigenvalue weighted by molar-refractivity contribution is 6.03. The highest BCUT2D eigenvalue weighted by Crippen LogP contribution is 2.25. The molecule has 184 valence electrons. The lowest BCUT2D eigenvalue weighted by molar-refractivity contribution is 0.102. The summed E-state index contributed by atoms with van der Waals surface area (Å²) in [6, 6.07) is 6.59. The summed E-state index contributed by atoms with van der Waals surface area (Å²) < 4.78 is 8.76. The summed E-state index contributed by atoms with van der Waals surface area (Å²) in [7, 11) is 1.54. The maximum atomic E-state index is 12.5. The molecule has 4 aromatic rings. The van der Waals surface area contributed by atoms with Crippen LogP contribution < -0.4 is 20.9 Å². The summed E-state index contributed by atoms with van der Waals surface area (Å²) in [6.45, 7) is 2.28. The van der Waals surface area contributed by atoms with Crippen LogP contribution in [0.3, 0.4) is 0 Å². The fourth-order valence-electron chi connectivity index (χ4n) is 3.15. The molecule has 4 aromatic heterocycles. The zero-order chi connectivity index (χ0) is 25.7. The molecule has 0 bridgehead atoms. The third kappa shape index (κ3) is 5.70. The van der Waals surface area contributed by atoms with Crippen LogP contribution in [0.15, 0.2) is 60.0 Å². The molecule has 0 radical (unpaired) electrons. The Morgan fingerprint density at radius 1 is 1.08 bits per heavy atom. The first-order chi connectivity index (χ1) is 17.3. The summed E-state index contributed by atoms with van der Waals surface area (Å²) >= 11 is 0. The van der Waals surface area contributed by atoms with Crippen molar-refractivity contribution in [3.05, 3.63) is 77.0 Å². The number of ether oxygens (including phenoxy) is 1. The van der Waals surface area contributed by atoms with Crippen molar-refractivity contribution in [1.82, 2.24) is 34.6 Å². The van der Waals surface area contributed by atoms with E-state index in [1.54, 1.807) is 61.5 Å². The number of hydrogen-bond acceptors (Lipinski definition) is 8. The van der Waals surface area contributed by atoms with Crippen molar-refractivity contribution in [3.8, 4) is 22.8 Å². The lowest BCUT2D eigenvalue weighted by Crippen LogP contribution is -2.29. The van der Waals surface area contributed by atoms with Crippen LogP contribution in [0, 0.1) is 6.92 Å². The number of amides is 2. The Labute approximate surface area is 204 Å². The minimum Gasteiger partial charge on any atom is -0.465 e. The van der Waals surface area contributed by atoms with Crippen molar-refractivity contribution in [2.75, 3.05) is 11.9 Å². The standard InChI is InChI=1S/C23H22N8O5/c1-14-26-12-18(22(33)30(14)2)21(32)29-20-4-3-17(11-27-20)36-16-5-6-24-19(9-16)15-10-28-31(13-15)8-7-25-23(34)35/h3-6,9-13,25H,7-8H2,1-2H3,(H,34,35)(H,27,29,32). The summed E-state index contributed by atoms with van der Waals surface area (Å²) in [5, 5.41) is 17.7. The predicted molar refractivity (Wildman–Crippen MR) is 128 cm³/mol. The highest BCUT2D eigenvalue weighted by Gasteiger charge is 2.14. The van der Waals surface area contributed by atoms with E-state index >= 15 is 0 Å². The number of rotatable bonds is 8. The summed E-state index contributed by atoms with van der Waals surface area (Å²) in [4.78, 5) is 47.8. The third-order valence-corrected chi connectivity index (χ3v) is 5.14. The summed E-state index contributed by atoms with van der Waals surface area (Å²) in [5.74, 6) is 1.07. The van der Waals surface area contributed by atoms with E-state index in [0.29, 0.717) is 29.6 Å². The first kappa shape index (κ1) is 24.1. The van der Waals surface area contributed by atoms with Gasteiger partial charge >= 0.3 is 6.09 Å². The second kappa shape index (κ2) is 10.5. The van der Waals surface area contributed by atoms with Gasteiger partial charge in [-0.2, -0.15) is 5.10 Å². The van der Waals surface area contributed by atoms with E-state index in [9.17, 15) is 14.4 Å². The number of aromatic nitrogens is 6. The van der Waals surface area contributed by atoms with Crippen LogP contribution in [0.1, 0.15) is 16.2 Å². The number of carbonyl (C=O) groups is 2. The van der Waals surface area contributed by atoms with Crippen molar-refractivity contribution in [3.63, 3.8) is 0 Å². The van der Waals surface area contributed by atoms with Gasteiger partial charge in [0.1, 0.15) is 28.7 Å². The Kier molecular flexibility index (Phi) is 6.99. The number of nitrogens with zero attached hydrogens (tertiary/aromatic N) is 6. The zero-order valence-electron chi connectivity index (χ0n) is 19.4. The topological polar surface area (TPSA) is 166 Å². The second-order valence-electron chi connectivity index (χ2n) is 7.62.